The molecule has 0 spiro atoms. The number of hydrogen-bond acceptors (Lipinski definition) is 3. The maximum absolute atomic E-state index is 12.7. The average Bonchev–Trinajstić information content (AvgIpc) is 2.13. The van der Waals surface area contributed by atoms with E-state index in [1.54, 1.807) is 0 Å². The smallest absolute Gasteiger partial charge is 0.294 e. The standard InChI is InChI=1S/C10H8F3NO3/c1-5-3-7(14(16)17)4-8(6(2)15)9(5)10(11,12)13/h3-4H,1-2H3. The summed E-state index contributed by atoms with van der Waals surface area (Å²) < 4.78 is 38.0. The van der Waals surface area contributed by atoms with E-state index in [1.165, 1.54) is 0 Å². The van der Waals surface area contributed by atoms with Crippen molar-refractivity contribution in [2.24, 2.45) is 0 Å². The Morgan fingerprint density at radius 2 is 1.88 bits per heavy atom. The van der Waals surface area contributed by atoms with E-state index >= 15 is 0 Å². The highest BCUT2D eigenvalue weighted by Crippen LogP contribution is 2.36. The minimum atomic E-state index is -4.71. The van der Waals surface area contributed by atoms with Gasteiger partial charge in [-0.3, -0.25) is 14.9 Å². The van der Waals surface area contributed by atoms with E-state index in [4.69, 9.17) is 0 Å². The number of nitro benzene ring substituents is 1. The Balaban J connectivity index is 3.61. The summed E-state index contributed by atoms with van der Waals surface area (Å²) in [6.07, 6.45) is -4.71. The summed E-state index contributed by atoms with van der Waals surface area (Å²) in [7, 11) is 0. The predicted octanol–water partition coefficient (Wildman–Crippen LogP) is 3.12. The van der Waals surface area contributed by atoms with E-state index < -0.39 is 33.7 Å². The number of aryl methyl sites for hydroxylation is 1. The van der Waals surface area contributed by atoms with Gasteiger partial charge in [0.2, 0.25) is 0 Å². The third-order valence-electron chi connectivity index (χ3n) is 2.19. The average molecular weight is 247 g/mol. The van der Waals surface area contributed by atoms with Gasteiger partial charge in [-0.25, -0.2) is 0 Å². The lowest BCUT2D eigenvalue weighted by Crippen LogP contribution is -2.14. The third kappa shape index (κ3) is 2.61. The number of alkyl halides is 3. The maximum atomic E-state index is 12.7. The SMILES string of the molecule is CC(=O)c1cc([N+](=O)[O-])cc(C)c1C(F)(F)F. The first kappa shape index (κ1) is 13.1. The lowest BCUT2D eigenvalue weighted by atomic mass is 9.98. The molecule has 0 heterocycles. The number of nitrogens with zero attached hydrogens (tertiary/aromatic N) is 1. The largest absolute Gasteiger partial charge is 0.417 e. The van der Waals surface area contributed by atoms with Crippen LogP contribution in [0.1, 0.15) is 28.4 Å². The van der Waals surface area contributed by atoms with Crippen LogP contribution in [0.15, 0.2) is 12.1 Å². The van der Waals surface area contributed by atoms with Crippen LogP contribution in [0.5, 0.6) is 0 Å². The summed E-state index contributed by atoms with van der Waals surface area (Å²) in [4.78, 5) is 20.8. The Bertz CT molecular complexity index is 494. The molecule has 0 bridgehead atoms. The number of hydrogen-bond donors (Lipinski definition) is 0. The Morgan fingerprint density at radius 3 is 2.24 bits per heavy atom. The molecule has 0 unspecified atom stereocenters. The molecule has 4 nitrogen and oxygen atoms in total. The van der Waals surface area contributed by atoms with E-state index in [-0.39, 0.29) is 5.56 Å². The first-order valence-electron chi connectivity index (χ1n) is 4.51. The summed E-state index contributed by atoms with van der Waals surface area (Å²) in [5.41, 5.74) is -2.66. The summed E-state index contributed by atoms with van der Waals surface area (Å²) in [5, 5.41) is 10.5. The molecular formula is C10H8F3NO3. The van der Waals surface area contributed by atoms with Gasteiger partial charge in [0, 0.05) is 17.7 Å². The molecule has 0 saturated carbocycles. The molecular weight excluding hydrogens is 239 g/mol. The summed E-state index contributed by atoms with van der Waals surface area (Å²) in [6.45, 7) is 2.02. The lowest BCUT2D eigenvalue weighted by molar-refractivity contribution is -0.385. The lowest BCUT2D eigenvalue weighted by Gasteiger charge is -2.13. The number of Topliss-reactive ketones (excluding diaryl/α,β-unsaturated/α-hetero) is 1. The van der Waals surface area contributed by atoms with Gasteiger partial charge in [-0.05, 0) is 19.4 Å². The van der Waals surface area contributed by atoms with Gasteiger partial charge in [0.15, 0.2) is 5.78 Å². The fraction of sp³-hybridized carbons (Fsp3) is 0.300. The van der Waals surface area contributed by atoms with Gasteiger partial charge in [0.1, 0.15) is 0 Å². The second-order valence-corrected chi connectivity index (χ2v) is 3.50. The van der Waals surface area contributed by atoms with Crippen LogP contribution in [0.3, 0.4) is 0 Å². The Kier molecular flexibility index (Phi) is 3.21. The number of halogens is 3. The third-order valence-corrected chi connectivity index (χ3v) is 2.19. The molecule has 1 rings (SSSR count). The highest BCUT2D eigenvalue weighted by molar-refractivity contribution is 5.96. The zero-order valence-corrected chi connectivity index (χ0v) is 8.96. The van der Waals surface area contributed by atoms with Gasteiger partial charge < -0.3 is 0 Å². The quantitative estimate of drug-likeness (QED) is 0.458. The minimum absolute atomic E-state index is 0.336. The van der Waals surface area contributed by atoms with Crippen LogP contribution >= 0.6 is 0 Å². The molecule has 1 aromatic carbocycles. The van der Waals surface area contributed by atoms with E-state index in [0.717, 1.165) is 19.9 Å². The number of rotatable bonds is 2. The maximum Gasteiger partial charge on any atom is 0.417 e. The van der Waals surface area contributed by atoms with Gasteiger partial charge in [-0.15, -0.1) is 0 Å². The van der Waals surface area contributed by atoms with Crippen LogP contribution in [0, 0.1) is 17.0 Å². The highest BCUT2D eigenvalue weighted by Gasteiger charge is 2.37. The van der Waals surface area contributed by atoms with Gasteiger partial charge in [0.25, 0.3) is 5.69 Å². The highest BCUT2D eigenvalue weighted by atomic mass is 19.4. The number of carbonyl (C=O) groups is 1. The Hall–Kier alpha value is -1.92. The van der Waals surface area contributed by atoms with Gasteiger partial charge >= 0.3 is 6.18 Å². The Labute approximate surface area is 94.2 Å². The molecule has 0 atom stereocenters. The van der Waals surface area contributed by atoms with Crippen LogP contribution in [-0.4, -0.2) is 10.7 Å². The van der Waals surface area contributed by atoms with Gasteiger partial charge in [-0.2, -0.15) is 13.2 Å². The van der Waals surface area contributed by atoms with Crippen molar-refractivity contribution in [1.82, 2.24) is 0 Å². The zero-order valence-electron chi connectivity index (χ0n) is 8.96. The molecule has 1 aromatic rings. The first-order chi connectivity index (χ1) is 7.64. The van der Waals surface area contributed by atoms with Crippen molar-refractivity contribution in [3.8, 4) is 0 Å². The second kappa shape index (κ2) is 4.15. The summed E-state index contributed by atoms with van der Waals surface area (Å²) in [6, 6.07) is 1.45. The first-order valence-corrected chi connectivity index (χ1v) is 4.51. The normalized spacial score (nSPS) is 11.4. The predicted molar refractivity (Wildman–Crippen MR) is 52.8 cm³/mol. The van der Waals surface area contributed by atoms with E-state index in [0.29, 0.717) is 6.07 Å². The number of ketones is 1. The van der Waals surface area contributed by atoms with Crippen molar-refractivity contribution in [3.63, 3.8) is 0 Å². The van der Waals surface area contributed by atoms with Crippen molar-refractivity contribution in [2.45, 2.75) is 20.0 Å². The second-order valence-electron chi connectivity index (χ2n) is 3.50. The fourth-order valence-electron chi connectivity index (χ4n) is 1.53. The van der Waals surface area contributed by atoms with Crippen molar-refractivity contribution >= 4 is 11.5 Å². The van der Waals surface area contributed by atoms with Gasteiger partial charge in [-0.1, -0.05) is 0 Å². The van der Waals surface area contributed by atoms with Crippen LogP contribution in [0.2, 0.25) is 0 Å². The van der Waals surface area contributed by atoms with Crippen LogP contribution in [0.4, 0.5) is 18.9 Å². The van der Waals surface area contributed by atoms with Crippen molar-refractivity contribution in [1.29, 1.82) is 0 Å². The van der Waals surface area contributed by atoms with Crippen LogP contribution in [-0.2, 0) is 6.18 Å². The van der Waals surface area contributed by atoms with Gasteiger partial charge in [0.05, 0.1) is 10.5 Å². The summed E-state index contributed by atoms with van der Waals surface area (Å²) >= 11 is 0. The van der Waals surface area contributed by atoms with Crippen molar-refractivity contribution < 1.29 is 22.9 Å². The molecule has 0 saturated heterocycles. The fourth-order valence-corrected chi connectivity index (χ4v) is 1.53. The topological polar surface area (TPSA) is 60.2 Å². The van der Waals surface area contributed by atoms with E-state index in [9.17, 15) is 28.1 Å². The van der Waals surface area contributed by atoms with Crippen LogP contribution in [0.25, 0.3) is 0 Å². The molecule has 92 valence electrons. The molecule has 17 heavy (non-hydrogen) atoms. The molecule has 0 aliphatic rings. The van der Waals surface area contributed by atoms with E-state index in [1.807, 2.05) is 0 Å². The molecule has 0 amide bonds. The number of carbonyl (C=O) groups excluding carboxylic acids is 1. The molecule has 0 N–H and O–H groups in total. The number of nitro groups is 1. The number of non-ortho nitro benzene ring substituents is 1. The molecule has 0 aliphatic heterocycles. The molecule has 0 aromatic heterocycles. The van der Waals surface area contributed by atoms with Crippen LogP contribution < -0.4 is 0 Å². The van der Waals surface area contributed by atoms with E-state index in [2.05, 4.69) is 0 Å². The molecule has 0 radical (unpaired) electrons. The van der Waals surface area contributed by atoms with Crippen molar-refractivity contribution in [2.75, 3.05) is 0 Å². The molecule has 0 fully saturated rings. The molecule has 7 heteroatoms. The monoisotopic (exact) mass is 247 g/mol. The Morgan fingerprint density at radius 1 is 1.35 bits per heavy atom. The van der Waals surface area contributed by atoms with Crippen molar-refractivity contribution in [3.05, 3.63) is 38.9 Å². The summed E-state index contributed by atoms with van der Waals surface area (Å²) in [5.74, 6) is -0.857. The number of benzene rings is 1. The molecule has 0 aliphatic carbocycles. The zero-order chi connectivity index (χ0) is 13.4. The minimum Gasteiger partial charge on any atom is -0.294 e.